The number of carbonyl (C=O) groups is 3. The Kier molecular flexibility index (Phi) is 4.65. The van der Waals surface area contributed by atoms with Crippen molar-refractivity contribution < 1.29 is 18.8 Å². The van der Waals surface area contributed by atoms with E-state index in [1.165, 1.54) is 6.07 Å². The van der Waals surface area contributed by atoms with Crippen molar-refractivity contribution in [3.63, 3.8) is 0 Å². The lowest BCUT2D eigenvalue weighted by molar-refractivity contribution is -0.135. The van der Waals surface area contributed by atoms with Gasteiger partial charge in [0.05, 0.1) is 5.69 Å². The van der Waals surface area contributed by atoms with Crippen LogP contribution >= 0.6 is 12.2 Å². The summed E-state index contributed by atoms with van der Waals surface area (Å²) in [4.78, 5) is 50.7. The first-order valence-electron chi connectivity index (χ1n) is 8.54. The third kappa shape index (κ3) is 3.39. The molecule has 29 heavy (non-hydrogen) atoms. The zero-order chi connectivity index (χ0) is 20.5. The molecule has 1 aliphatic rings. The molecular formula is C20H13N3O5S. The number of hydrogen-bond acceptors (Lipinski definition) is 6. The van der Waals surface area contributed by atoms with Crippen LogP contribution in [-0.2, 0) is 9.59 Å². The first-order chi connectivity index (χ1) is 14.0. The fourth-order valence-electron chi connectivity index (χ4n) is 2.92. The average Bonchev–Trinajstić information content (AvgIpc) is 2.71. The van der Waals surface area contributed by atoms with Gasteiger partial charge in [-0.1, -0.05) is 36.4 Å². The minimum Gasteiger partial charge on any atom is -0.422 e. The van der Waals surface area contributed by atoms with Crippen molar-refractivity contribution in [2.24, 2.45) is 0 Å². The smallest absolute Gasteiger partial charge is 0.349 e. The van der Waals surface area contributed by atoms with Gasteiger partial charge in [-0.3, -0.25) is 24.7 Å². The Labute approximate surface area is 169 Å². The maximum Gasteiger partial charge on any atom is 0.349 e. The highest BCUT2D eigenvalue weighted by molar-refractivity contribution is 7.80. The topological polar surface area (TPSA) is 99.9 Å². The zero-order valence-electron chi connectivity index (χ0n) is 14.8. The molecule has 8 nitrogen and oxygen atoms in total. The van der Waals surface area contributed by atoms with Crippen molar-refractivity contribution in [3.05, 3.63) is 76.6 Å². The van der Waals surface area contributed by atoms with Crippen LogP contribution in [0, 0.1) is 0 Å². The standard InChI is InChI=1S/C20H13N3O5S/c24-16-11-17(25)23(20(29)22(16)13-7-2-1-3-8-13)21-18(26)14-10-12-6-4-5-9-15(12)28-19(14)27/h1-10H,11H2,(H,21,26). The highest BCUT2D eigenvalue weighted by Crippen LogP contribution is 2.21. The van der Waals surface area contributed by atoms with Gasteiger partial charge in [0.2, 0.25) is 11.0 Å². The predicted octanol–water partition coefficient (Wildman–Crippen LogP) is 1.99. The molecule has 0 aliphatic carbocycles. The van der Waals surface area contributed by atoms with Crippen LogP contribution in [0.2, 0.25) is 0 Å². The first-order valence-corrected chi connectivity index (χ1v) is 8.95. The minimum absolute atomic E-state index is 0.212. The number of fused-ring (bicyclic) bond motifs is 1. The lowest BCUT2D eigenvalue weighted by Gasteiger charge is -2.34. The highest BCUT2D eigenvalue weighted by atomic mass is 32.1. The second kappa shape index (κ2) is 7.28. The summed E-state index contributed by atoms with van der Waals surface area (Å²) >= 11 is 5.26. The van der Waals surface area contributed by atoms with Crippen LogP contribution in [0.1, 0.15) is 16.8 Å². The van der Waals surface area contributed by atoms with Crippen LogP contribution in [0.3, 0.4) is 0 Å². The molecule has 1 saturated heterocycles. The van der Waals surface area contributed by atoms with E-state index in [9.17, 15) is 19.2 Å². The molecular weight excluding hydrogens is 394 g/mol. The van der Waals surface area contributed by atoms with Crippen LogP contribution in [0.15, 0.2) is 69.9 Å². The largest absolute Gasteiger partial charge is 0.422 e. The lowest BCUT2D eigenvalue weighted by Crippen LogP contribution is -2.61. The normalized spacial score (nSPS) is 14.4. The average molecular weight is 407 g/mol. The molecule has 2 aromatic carbocycles. The molecule has 1 aromatic heterocycles. The van der Waals surface area contributed by atoms with E-state index in [2.05, 4.69) is 5.43 Å². The molecule has 3 amide bonds. The van der Waals surface area contributed by atoms with E-state index in [0.29, 0.717) is 16.7 Å². The van der Waals surface area contributed by atoms with Crippen molar-refractivity contribution in [3.8, 4) is 0 Å². The lowest BCUT2D eigenvalue weighted by atomic mass is 10.2. The Balaban J connectivity index is 1.64. The van der Waals surface area contributed by atoms with Gasteiger partial charge >= 0.3 is 5.63 Å². The number of anilines is 1. The fourth-order valence-corrected chi connectivity index (χ4v) is 3.28. The molecule has 0 bridgehead atoms. The van der Waals surface area contributed by atoms with Crippen LogP contribution < -0.4 is 16.0 Å². The van der Waals surface area contributed by atoms with Crippen molar-refractivity contribution >= 4 is 51.7 Å². The van der Waals surface area contributed by atoms with Crippen LogP contribution in [0.25, 0.3) is 11.0 Å². The molecule has 1 fully saturated rings. The van der Waals surface area contributed by atoms with Crippen molar-refractivity contribution in [2.45, 2.75) is 6.42 Å². The van der Waals surface area contributed by atoms with E-state index in [1.54, 1.807) is 54.6 Å². The van der Waals surface area contributed by atoms with Gasteiger partial charge in [0, 0.05) is 5.39 Å². The quantitative estimate of drug-likeness (QED) is 0.405. The zero-order valence-corrected chi connectivity index (χ0v) is 15.6. The van der Waals surface area contributed by atoms with Gasteiger partial charge in [0.25, 0.3) is 11.8 Å². The molecule has 0 atom stereocenters. The monoisotopic (exact) mass is 407 g/mol. The summed E-state index contributed by atoms with van der Waals surface area (Å²) in [6.07, 6.45) is -0.484. The second-order valence-electron chi connectivity index (χ2n) is 6.18. The van der Waals surface area contributed by atoms with E-state index in [4.69, 9.17) is 16.6 Å². The van der Waals surface area contributed by atoms with E-state index >= 15 is 0 Å². The predicted molar refractivity (Wildman–Crippen MR) is 108 cm³/mol. The molecule has 0 saturated carbocycles. The maximum absolute atomic E-state index is 12.7. The summed E-state index contributed by atoms with van der Waals surface area (Å²) in [6.45, 7) is 0. The molecule has 1 N–H and O–H groups in total. The number of thiocarbonyl (C=S) groups is 1. The number of rotatable bonds is 3. The van der Waals surface area contributed by atoms with E-state index < -0.39 is 29.8 Å². The molecule has 1 aliphatic heterocycles. The highest BCUT2D eigenvalue weighted by Gasteiger charge is 2.37. The summed E-state index contributed by atoms with van der Waals surface area (Å²) in [5.41, 5.74) is 1.96. The van der Waals surface area contributed by atoms with Crippen molar-refractivity contribution in [1.82, 2.24) is 10.4 Å². The SMILES string of the molecule is O=C(NN1C(=O)CC(=O)N(c2ccccc2)C1=S)c1cc2ccccc2oc1=O. The molecule has 0 spiro atoms. The molecule has 2 heterocycles. The Morgan fingerprint density at radius 1 is 0.966 bits per heavy atom. The number of nitrogens with one attached hydrogen (secondary N) is 1. The number of amides is 3. The van der Waals surface area contributed by atoms with E-state index in [0.717, 1.165) is 9.91 Å². The van der Waals surface area contributed by atoms with Crippen LogP contribution in [0.5, 0.6) is 0 Å². The number of benzene rings is 2. The fraction of sp³-hybridized carbons (Fsp3) is 0.0500. The third-order valence-corrected chi connectivity index (χ3v) is 4.66. The third-order valence-electron chi connectivity index (χ3n) is 4.30. The van der Waals surface area contributed by atoms with Gasteiger partial charge in [-0.05, 0) is 36.5 Å². The van der Waals surface area contributed by atoms with Gasteiger partial charge in [-0.15, -0.1) is 0 Å². The Hall–Kier alpha value is -3.85. The van der Waals surface area contributed by atoms with Gasteiger partial charge < -0.3 is 4.42 Å². The minimum atomic E-state index is -0.873. The Morgan fingerprint density at radius 2 is 1.66 bits per heavy atom. The number of hydrazine groups is 1. The van der Waals surface area contributed by atoms with E-state index in [1.807, 2.05) is 0 Å². The van der Waals surface area contributed by atoms with Crippen LogP contribution in [-0.4, -0.2) is 27.8 Å². The Morgan fingerprint density at radius 3 is 2.41 bits per heavy atom. The summed E-state index contributed by atoms with van der Waals surface area (Å²) < 4.78 is 5.15. The molecule has 9 heteroatoms. The van der Waals surface area contributed by atoms with Gasteiger partial charge in [-0.25, -0.2) is 4.79 Å². The summed E-state index contributed by atoms with van der Waals surface area (Å²) in [6, 6.07) is 16.6. The van der Waals surface area contributed by atoms with Gasteiger partial charge in [0.15, 0.2) is 0 Å². The molecule has 0 unspecified atom stereocenters. The number of para-hydroxylation sites is 2. The van der Waals surface area contributed by atoms with Crippen molar-refractivity contribution in [1.29, 1.82) is 0 Å². The second-order valence-corrected chi connectivity index (χ2v) is 6.54. The molecule has 4 rings (SSSR count). The Bertz CT molecular complexity index is 1220. The maximum atomic E-state index is 12.7. The van der Waals surface area contributed by atoms with Crippen molar-refractivity contribution in [2.75, 3.05) is 4.90 Å². The number of nitrogens with zero attached hydrogens (tertiary/aromatic N) is 2. The van der Waals surface area contributed by atoms with Gasteiger partial charge in [0.1, 0.15) is 17.6 Å². The van der Waals surface area contributed by atoms with E-state index in [-0.39, 0.29) is 10.7 Å². The molecule has 0 radical (unpaired) electrons. The summed E-state index contributed by atoms with van der Waals surface area (Å²) in [5.74, 6) is -2.09. The summed E-state index contributed by atoms with van der Waals surface area (Å²) in [7, 11) is 0. The molecule has 144 valence electrons. The number of carbonyl (C=O) groups excluding carboxylic acids is 3. The number of hydrogen-bond donors (Lipinski definition) is 1. The molecule has 3 aromatic rings. The van der Waals surface area contributed by atoms with Crippen LogP contribution in [0.4, 0.5) is 5.69 Å². The van der Waals surface area contributed by atoms with Gasteiger partial charge in [-0.2, -0.15) is 5.01 Å². The first kappa shape index (κ1) is 18.5. The summed E-state index contributed by atoms with van der Waals surface area (Å²) in [5, 5.41) is 1.13.